The molecule has 0 aromatic rings. The largest absolute Gasteiger partial charge is 0.390 e. The van der Waals surface area contributed by atoms with Gasteiger partial charge in [0.25, 0.3) is 0 Å². The average Bonchev–Trinajstić information content (AvgIpc) is 2.26. The molecule has 0 saturated carbocycles. The Kier molecular flexibility index (Phi) is 8.88. The van der Waals surface area contributed by atoms with E-state index in [4.69, 9.17) is 0 Å². The van der Waals surface area contributed by atoms with Crippen LogP contribution in [-0.4, -0.2) is 47.3 Å². The highest BCUT2D eigenvalue weighted by Gasteiger charge is 2.20. The van der Waals surface area contributed by atoms with Gasteiger partial charge in [-0.15, -0.1) is 0 Å². The Morgan fingerprint density at radius 2 is 1.58 bits per heavy atom. The number of nitrogens with one attached hydrogen (secondary N) is 1. The van der Waals surface area contributed by atoms with Gasteiger partial charge in [0.1, 0.15) is 0 Å². The maximum Gasteiger partial charge on any atom is 0.0791 e. The topological polar surface area (TPSA) is 35.5 Å². The molecule has 0 rings (SSSR count). The van der Waals surface area contributed by atoms with Crippen molar-refractivity contribution in [3.63, 3.8) is 0 Å². The Bertz CT molecular complexity index is 219. The van der Waals surface area contributed by atoms with E-state index in [1.165, 1.54) is 0 Å². The second kappa shape index (κ2) is 8.93. The summed E-state index contributed by atoms with van der Waals surface area (Å²) in [5.74, 6) is 0.642. The van der Waals surface area contributed by atoms with Crippen LogP contribution >= 0.6 is 0 Å². The molecule has 3 nitrogen and oxygen atoms in total. The molecule has 0 saturated heterocycles. The molecule has 0 spiro atoms. The van der Waals surface area contributed by atoms with Gasteiger partial charge in [-0.1, -0.05) is 27.7 Å². The molecule has 0 aliphatic rings. The summed E-state index contributed by atoms with van der Waals surface area (Å²) >= 11 is 0. The minimum atomic E-state index is -0.293. The fourth-order valence-corrected chi connectivity index (χ4v) is 2.41. The first kappa shape index (κ1) is 18.9. The van der Waals surface area contributed by atoms with Gasteiger partial charge in [0.05, 0.1) is 6.10 Å². The predicted octanol–water partition coefficient (Wildman–Crippen LogP) is 2.88. The van der Waals surface area contributed by atoms with Crippen molar-refractivity contribution in [1.82, 2.24) is 10.2 Å². The predicted molar refractivity (Wildman–Crippen MR) is 84.5 cm³/mol. The number of hydrogen-bond donors (Lipinski definition) is 2. The van der Waals surface area contributed by atoms with Crippen LogP contribution in [0, 0.1) is 5.92 Å². The van der Waals surface area contributed by atoms with Crippen LogP contribution in [0.25, 0.3) is 0 Å². The molecule has 1 atom stereocenters. The van der Waals surface area contributed by atoms with Crippen LogP contribution in [0.5, 0.6) is 0 Å². The molecular formula is C16H36N2O. The van der Waals surface area contributed by atoms with Gasteiger partial charge in [-0.3, -0.25) is 4.90 Å². The lowest BCUT2D eigenvalue weighted by molar-refractivity contribution is 0.0712. The van der Waals surface area contributed by atoms with E-state index in [1.54, 1.807) is 0 Å². The molecule has 3 heteroatoms. The Morgan fingerprint density at radius 1 is 1.05 bits per heavy atom. The molecule has 19 heavy (non-hydrogen) atoms. The summed E-state index contributed by atoms with van der Waals surface area (Å²) in [5.41, 5.74) is 0.0682. The number of β-amino-alcohol motifs (C(OH)–C–C–N with tert-alkyl or cyclic N) is 1. The van der Waals surface area contributed by atoms with Crippen LogP contribution in [-0.2, 0) is 0 Å². The first-order valence-corrected chi connectivity index (χ1v) is 7.86. The number of hydrogen-bond acceptors (Lipinski definition) is 3. The van der Waals surface area contributed by atoms with Crippen LogP contribution in [0.2, 0.25) is 0 Å². The van der Waals surface area contributed by atoms with Crippen LogP contribution in [0.15, 0.2) is 0 Å². The SMILES string of the molecule is CCC(CC)N(CC(C)C)CC(O)CNC(C)(C)C. The fraction of sp³-hybridized carbons (Fsp3) is 1.00. The molecule has 0 heterocycles. The third-order valence-corrected chi connectivity index (χ3v) is 3.37. The summed E-state index contributed by atoms with van der Waals surface area (Å²) in [7, 11) is 0. The molecule has 116 valence electrons. The van der Waals surface area contributed by atoms with Crippen molar-refractivity contribution in [3.8, 4) is 0 Å². The minimum Gasteiger partial charge on any atom is -0.390 e. The van der Waals surface area contributed by atoms with Gasteiger partial charge < -0.3 is 10.4 Å². The number of aliphatic hydroxyl groups excluding tert-OH is 1. The highest BCUT2D eigenvalue weighted by atomic mass is 16.3. The van der Waals surface area contributed by atoms with Crippen LogP contribution in [0.4, 0.5) is 0 Å². The van der Waals surface area contributed by atoms with Gasteiger partial charge in [0.2, 0.25) is 0 Å². The Hall–Kier alpha value is -0.120. The zero-order valence-electron chi connectivity index (χ0n) is 14.2. The third-order valence-electron chi connectivity index (χ3n) is 3.37. The van der Waals surface area contributed by atoms with E-state index < -0.39 is 0 Å². The Labute approximate surface area is 120 Å². The number of rotatable bonds is 9. The highest BCUT2D eigenvalue weighted by Crippen LogP contribution is 2.12. The maximum absolute atomic E-state index is 10.2. The quantitative estimate of drug-likeness (QED) is 0.677. The van der Waals surface area contributed by atoms with E-state index in [-0.39, 0.29) is 11.6 Å². The van der Waals surface area contributed by atoms with Gasteiger partial charge in [-0.05, 0) is 39.5 Å². The van der Waals surface area contributed by atoms with Crippen molar-refractivity contribution < 1.29 is 5.11 Å². The molecule has 0 amide bonds. The molecular weight excluding hydrogens is 236 g/mol. The molecule has 2 N–H and O–H groups in total. The third kappa shape index (κ3) is 9.42. The van der Waals surface area contributed by atoms with Crippen molar-refractivity contribution in [1.29, 1.82) is 0 Å². The van der Waals surface area contributed by atoms with E-state index >= 15 is 0 Å². The fourth-order valence-electron chi connectivity index (χ4n) is 2.41. The van der Waals surface area contributed by atoms with Crippen molar-refractivity contribution >= 4 is 0 Å². The van der Waals surface area contributed by atoms with E-state index in [1.807, 2.05) is 0 Å². The molecule has 0 aromatic carbocycles. The zero-order valence-corrected chi connectivity index (χ0v) is 14.2. The van der Waals surface area contributed by atoms with E-state index in [0.717, 1.165) is 25.9 Å². The van der Waals surface area contributed by atoms with Crippen molar-refractivity contribution in [3.05, 3.63) is 0 Å². The lowest BCUT2D eigenvalue weighted by Crippen LogP contribution is -2.47. The molecule has 0 bridgehead atoms. The molecule has 0 aliphatic carbocycles. The normalized spacial score (nSPS) is 14.7. The zero-order chi connectivity index (χ0) is 15.1. The van der Waals surface area contributed by atoms with Crippen molar-refractivity contribution in [2.24, 2.45) is 5.92 Å². The van der Waals surface area contributed by atoms with Crippen LogP contribution < -0.4 is 5.32 Å². The summed E-state index contributed by atoms with van der Waals surface area (Å²) in [4.78, 5) is 2.46. The van der Waals surface area contributed by atoms with Crippen molar-refractivity contribution in [2.75, 3.05) is 19.6 Å². The minimum absolute atomic E-state index is 0.0682. The van der Waals surface area contributed by atoms with E-state index in [0.29, 0.717) is 18.5 Å². The van der Waals surface area contributed by atoms with Gasteiger partial charge in [0, 0.05) is 31.2 Å². The molecule has 1 unspecified atom stereocenters. The Morgan fingerprint density at radius 3 is 1.95 bits per heavy atom. The lowest BCUT2D eigenvalue weighted by Gasteiger charge is -2.34. The summed E-state index contributed by atoms with van der Waals surface area (Å²) in [6.45, 7) is 17.9. The molecule has 0 aliphatic heterocycles. The molecule has 0 radical (unpaired) electrons. The van der Waals surface area contributed by atoms with Crippen LogP contribution in [0.3, 0.4) is 0 Å². The van der Waals surface area contributed by atoms with Crippen LogP contribution in [0.1, 0.15) is 61.3 Å². The maximum atomic E-state index is 10.2. The van der Waals surface area contributed by atoms with Crippen molar-refractivity contribution in [2.45, 2.75) is 79.0 Å². The summed E-state index contributed by atoms with van der Waals surface area (Å²) < 4.78 is 0. The second-order valence-corrected chi connectivity index (χ2v) is 7.10. The van der Waals surface area contributed by atoms with Gasteiger partial charge in [-0.2, -0.15) is 0 Å². The summed E-state index contributed by atoms with van der Waals surface area (Å²) in [6.07, 6.45) is 2.02. The number of aliphatic hydroxyl groups is 1. The standard InChI is InChI=1S/C16H36N2O/c1-8-14(9-2)18(11-13(3)4)12-15(19)10-17-16(5,6)7/h13-15,17,19H,8-12H2,1-7H3. The first-order chi connectivity index (χ1) is 8.69. The highest BCUT2D eigenvalue weighted by molar-refractivity contribution is 4.78. The number of nitrogens with zero attached hydrogens (tertiary/aromatic N) is 1. The van der Waals surface area contributed by atoms with E-state index in [2.05, 4.69) is 58.7 Å². The lowest BCUT2D eigenvalue weighted by atomic mass is 10.1. The smallest absolute Gasteiger partial charge is 0.0791 e. The Balaban J connectivity index is 4.37. The van der Waals surface area contributed by atoms with E-state index in [9.17, 15) is 5.11 Å². The monoisotopic (exact) mass is 272 g/mol. The summed E-state index contributed by atoms with van der Waals surface area (Å²) in [5, 5.41) is 13.6. The second-order valence-electron chi connectivity index (χ2n) is 7.10. The van der Waals surface area contributed by atoms with Gasteiger partial charge >= 0.3 is 0 Å². The average molecular weight is 272 g/mol. The van der Waals surface area contributed by atoms with Gasteiger partial charge in [0.15, 0.2) is 0 Å². The molecule has 0 aromatic heterocycles. The summed E-state index contributed by atoms with van der Waals surface area (Å²) in [6, 6.07) is 0.590. The molecule has 0 fully saturated rings. The first-order valence-electron chi connectivity index (χ1n) is 7.86. The van der Waals surface area contributed by atoms with Gasteiger partial charge in [-0.25, -0.2) is 0 Å².